The minimum atomic E-state index is 0.916. The first-order valence-electron chi connectivity index (χ1n) is 7.81. The first-order valence-corrected chi connectivity index (χ1v) is 8.60. The van der Waals surface area contributed by atoms with E-state index in [4.69, 9.17) is 4.74 Å². The predicted octanol–water partition coefficient (Wildman–Crippen LogP) is 4.47. The first-order chi connectivity index (χ1) is 9.76. The summed E-state index contributed by atoms with van der Waals surface area (Å²) < 4.78 is 6.36. The lowest BCUT2D eigenvalue weighted by molar-refractivity contribution is 0.0820. The summed E-state index contributed by atoms with van der Waals surface area (Å²) in [5.74, 6) is 2.89. The van der Waals surface area contributed by atoms with Gasteiger partial charge >= 0.3 is 0 Å². The van der Waals surface area contributed by atoms with Crippen molar-refractivity contribution >= 4 is 15.9 Å². The van der Waals surface area contributed by atoms with Crippen molar-refractivity contribution in [2.75, 3.05) is 20.2 Å². The summed E-state index contributed by atoms with van der Waals surface area (Å²) in [4.78, 5) is 2.64. The Labute approximate surface area is 130 Å². The van der Waals surface area contributed by atoms with Gasteiger partial charge in [0.15, 0.2) is 0 Å². The van der Waals surface area contributed by atoms with Crippen LogP contribution in [0.15, 0.2) is 22.7 Å². The van der Waals surface area contributed by atoms with Crippen molar-refractivity contribution in [1.82, 2.24) is 4.90 Å². The van der Waals surface area contributed by atoms with E-state index in [-0.39, 0.29) is 0 Å². The van der Waals surface area contributed by atoms with Crippen molar-refractivity contribution in [3.63, 3.8) is 0 Å². The van der Waals surface area contributed by atoms with Crippen LogP contribution in [-0.4, -0.2) is 25.1 Å². The molecule has 3 rings (SSSR count). The lowest BCUT2D eigenvalue weighted by Crippen LogP contribution is -2.41. The van der Waals surface area contributed by atoms with Crippen molar-refractivity contribution in [1.29, 1.82) is 0 Å². The SMILES string of the molecule is COc1ccc(CN2CCC3CCCCC3C2)cc1Br. The molecule has 1 aromatic rings. The van der Waals surface area contributed by atoms with Gasteiger partial charge in [0.1, 0.15) is 5.75 Å². The zero-order chi connectivity index (χ0) is 13.9. The van der Waals surface area contributed by atoms with E-state index in [2.05, 4.69) is 39.0 Å². The average molecular weight is 338 g/mol. The Balaban J connectivity index is 1.62. The summed E-state index contributed by atoms with van der Waals surface area (Å²) >= 11 is 3.58. The van der Waals surface area contributed by atoms with Gasteiger partial charge in [0.05, 0.1) is 11.6 Å². The lowest BCUT2D eigenvalue weighted by Gasteiger charge is -2.41. The summed E-state index contributed by atoms with van der Waals surface area (Å²) in [6.45, 7) is 3.64. The Kier molecular flexibility index (Phi) is 4.67. The Morgan fingerprint density at radius 2 is 2.00 bits per heavy atom. The van der Waals surface area contributed by atoms with E-state index >= 15 is 0 Å². The van der Waals surface area contributed by atoms with E-state index < -0.39 is 0 Å². The highest BCUT2D eigenvalue weighted by molar-refractivity contribution is 9.10. The molecule has 2 atom stereocenters. The van der Waals surface area contributed by atoms with E-state index in [0.29, 0.717) is 0 Å². The van der Waals surface area contributed by atoms with Crippen LogP contribution in [0, 0.1) is 11.8 Å². The fraction of sp³-hybridized carbons (Fsp3) is 0.647. The van der Waals surface area contributed by atoms with Gasteiger partial charge in [0, 0.05) is 13.1 Å². The number of hydrogen-bond acceptors (Lipinski definition) is 2. The van der Waals surface area contributed by atoms with Crippen LogP contribution in [-0.2, 0) is 6.54 Å². The molecule has 0 radical (unpaired) electrons. The molecule has 0 aromatic heterocycles. The number of methoxy groups -OCH3 is 1. The van der Waals surface area contributed by atoms with Crippen molar-refractivity contribution in [3.05, 3.63) is 28.2 Å². The van der Waals surface area contributed by atoms with Crippen LogP contribution >= 0.6 is 15.9 Å². The van der Waals surface area contributed by atoms with E-state index in [1.165, 1.54) is 50.8 Å². The van der Waals surface area contributed by atoms with Crippen LogP contribution in [0.4, 0.5) is 0 Å². The molecule has 20 heavy (non-hydrogen) atoms. The third kappa shape index (κ3) is 3.20. The highest BCUT2D eigenvalue weighted by Crippen LogP contribution is 2.36. The van der Waals surface area contributed by atoms with Crippen LogP contribution < -0.4 is 4.74 Å². The van der Waals surface area contributed by atoms with Gasteiger partial charge in [-0.25, -0.2) is 0 Å². The largest absolute Gasteiger partial charge is 0.496 e. The number of fused-ring (bicyclic) bond motifs is 1. The van der Waals surface area contributed by atoms with Gasteiger partial charge in [-0.05, 0) is 64.8 Å². The van der Waals surface area contributed by atoms with Gasteiger partial charge < -0.3 is 4.74 Å². The van der Waals surface area contributed by atoms with E-state index in [9.17, 15) is 0 Å². The van der Waals surface area contributed by atoms with Crippen LogP contribution in [0.5, 0.6) is 5.75 Å². The molecule has 1 aromatic carbocycles. The highest BCUT2D eigenvalue weighted by atomic mass is 79.9. The molecule has 1 saturated carbocycles. The number of hydrogen-bond donors (Lipinski definition) is 0. The molecular weight excluding hydrogens is 314 g/mol. The number of ether oxygens (including phenoxy) is 1. The first kappa shape index (κ1) is 14.4. The van der Waals surface area contributed by atoms with Crippen molar-refractivity contribution in [2.45, 2.75) is 38.6 Å². The maximum Gasteiger partial charge on any atom is 0.133 e. The molecule has 1 saturated heterocycles. The normalized spacial score (nSPS) is 27.1. The summed E-state index contributed by atoms with van der Waals surface area (Å²) in [5, 5.41) is 0. The van der Waals surface area contributed by atoms with Gasteiger partial charge in [-0.3, -0.25) is 4.90 Å². The Morgan fingerprint density at radius 3 is 2.75 bits per heavy atom. The smallest absolute Gasteiger partial charge is 0.133 e. The summed E-state index contributed by atoms with van der Waals surface area (Å²) in [5.41, 5.74) is 1.38. The maximum absolute atomic E-state index is 5.30. The van der Waals surface area contributed by atoms with Crippen LogP contribution in [0.25, 0.3) is 0 Å². The molecule has 0 N–H and O–H groups in total. The maximum atomic E-state index is 5.30. The molecule has 2 unspecified atom stereocenters. The van der Waals surface area contributed by atoms with Crippen molar-refractivity contribution in [3.8, 4) is 5.75 Å². The molecule has 2 nitrogen and oxygen atoms in total. The highest BCUT2D eigenvalue weighted by Gasteiger charge is 2.30. The van der Waals surface area contributed by atoms with Gasteiger partial charge in [0.25, 0.3) is 0 Å². The molecular formula is C17H24BrNO. The van der Waals surface area contributed by atoms with Crippen molar-refractivity contribution in [2.24, 2.45) is 11.8 Å². The monoisotopic (exact) mass is 337 g/mol. The summed E-state index contributed by atoms with van der Waals surface area (Å²) in [6, 6.07) is 6.45. The lowest BCUT2D eigenvalue weighted by atomic mass is 9.75. The fourth-order valence-corrected chi connectivity index (χ4v) is 4.47. The second kappa shape index (κ2) is 6.48. The Bertz CT molecular complexity index is 462. The molecule has 0 spiro atoms. The third-order valence-corrected chi connectivity index (χ3v) is 5.62. The zero-order valence-electron chi connectivity index (χ0n) is 12.3. The van der Waals surface area contributed by atoms with E-state index in [1.807, 2.05) is 0 Å². The second-order valence-electron chi connectivity index (χ2n) is 6.30. The number of piperidine rings is 1. The molecule has 2 aliphatic rings. The quantitative estimate of drug-likeness (QED) is 0.806. The van der Waals surface area contributed by atoms with E-state index in [1.54, 1.807) is 7.11 Å². The molecule has 1 aliphatic heterocycles. The fourth-order valence-electron chi connectivity index (χ4n) is 3.89. The number of likely N-dealkylation sites (tertiary alicyclic amines) is 1. The Hall–Kier alpha value is -0.540. The van der Waals surface area contributed by atoms with E-state index in [0.717, 1.165) is 28.6 Å². The molecule has 110 valence electrons. The molecule has 0 amide bonds. The molecule has 0 bridgehead atoms. The second-order valence-corrected chi connectivity index (χ2v) is 7.15. The predicted molar refractivity (Wildman–Crippen MR) is 86.0 cm³/mol. The zero-order valence-corrected chi connectivity index (χ0v) is 13.9. The van der Waals surface area contributed by atoms with Crippen LogP contribution in [0.2, 0.25) is 0 Å². The molecule has 2 fully saturated rings. The van der Waals surface area contributed by atoms with Gasteiger partial charge in [-0.1, -0.05) is 25.3 Å². The topological polar surface area (TPSA) is 12.5 Å². The standard InChI is InChI=1S/C17H24BrNO/c1-20-17-7-6-13(10-16(17)18)11-19-9-8-14-4-2-3-5-15(14)12-19/h6-7,10,14-15H,2-5,8-9,11-12H2,1H3. The number of benzene rings is 1. The third-order valence-electron chi connectivity index (χ3n) is 5.00. The van der Waals surface area contributed by atoms with Crippen LogP contribution in [0.1, 0.15) is 37.7 Å². The molecule has 1 aliphatic carbocycles. The summed E-state index contributed by atoms with van der Waals surface area (Å²) in [6.07, 6.45) is 7.25. The molecule has 1 heterocycles. The Morgan fingerprint density at radius 1 is 1.20 bits per heavy atom. The van der Waals surface area contributed by atoms with Gasteiger partial charge in [-0.15, -0.1) is 0 Å². The number of halogens is 1. The van der Waals surface area contributed by atoms with Gasteiger partial charge in [0.2, 0.25) is 0 Å². The minimum Gasteiger partial charge on any atom is -0.496 e. The van der Waals surface area contributed by atoms with Crippen LogP contribution in [0.3, 0.4) is 0 Å². The number of nitrogens with zero attached hydrogens (tertiary/aromatic N) is 1. The molecule has 3 heteroatoms. The number of rotatable bonds is 3. The van der Waals surface area contributed by atoms with Gasteiger partial charge in [-0.2, -0.15) is 0 Å². The van der Waals surface area contributed by atoms with Crippen molar-refractivity contribution < 1.29 is 4.74 Å². The summed E-state index contributed by atoms with van der Waals surface area (Å²) in [7, 11) is 1.72. The minimum absolute atomic E-state index is 0.916. The average Bonchev–Trinajstić information content (AvgIpc) is 2.47.